The second-order valence-electron chi connectivity index (χ2n) is 6.11. The Kier molecular flexibility index (Phi) is 5.80. The smallest absolute Gasteiger partial charge is 0.234 e. The number of nitrogens with zero attached hydrogens (tertiary/aromatic N) is 3. The van der Waals surface area contributed by atoms with Gasteiger partial charge >= 0.3 is 0 Å². The van der Waals surface area contributed by atoms with E-state index in [4.69, 9.17) is 10.6 Å². The summed E-state index contributed by atoms with van der Waals surface area (Å²) in [5.74, 6) is 8.14. The van der Waals surface area contributed by atoms with E-state index < -0.39 is 0 Å². The van der Waals surface area contributed by atoms with Crippen LogP contribution in [0.2, 0.25) is 0 Å². The molecule has 0 saturated heterocycles. The number of nitrogens with two attached hydrogens (primary N) is 1. The van der Waals surface area contributed by atoms with E-state index in [2.05, 4.69) is 15.5 Å². The van der Waals surface area contributed by atoms with Gasteiger partial charge in [-0.05, 0) is 25.0 Å². The van der Waals surface area contributed by atoms with Crippen LogP contribution in [0.4, 0.5) is 5.69 Å². The topological polar surface area (TPSA) is 95.1 Å². The largest absolute Gasteiger partial charge is 0.497 e. The second kappa shape index (κ2) is 8.24. The molecular weight excluding hydrogens is 338 g/mol. The fourth-order valence-electron chi connectivity index (χ4n) is 3.05. The highest BCUT2D eigenvalue weighted by atomic mass is 32.2. The van der Waals surface area contributed by atoms with Gasteiger partial charge in [-0.1, -0.05) is 37.1 Å². The molecule has 0 bridgehead atoms. The molecule has 1 aromatic carbocycles. The molecule has 3 rings (SSSR count). The number of anilines is 1. The molecule has 8 heteroatoms. The summed E-state index contributed by atoms with van der Waals surface area (Å²) in [4.78, 5) is 12.1. The average Bonchev–Trinajstić information content (AvgIpc) is 3.01. The predicted molar refractivity (Wildman–Crippen MR) is 98.3 cm³/mol. The average molecular weight is 361 g/mol. The van der Waals surface area contributed by atoms with Crippen molar-refractivity contribution < 1.29 is 9.53 Å². The molecule has 1 heterocycles. The molecule has 1 aliphatic rings. The van der Waals surface area contributed by atoms with Crippen molar-refractivity contribution in [3.63, 3.8) is 0 Å². The first-order valence-corrected chi connectivity index (χ1v) is 9.43. The molecule has 1 fully saturated rings. The van der Waals surface area contributed by atoms with E-state index in [9.17, 15) is 4.79 Å². The molecule has 2 aromatic rings. The molecule has 25 heavy (non-hydrogen) atoms. The van der Waals surface area contributed by atoms with Crippen LogP contribution in [0.15, 0.2) is 29.4 Å². The Balaban J connectivity index is 1.56. The van der Waals surface area contributed by atoms with E-state index >= 15 is 0 Å². The Morgan fingerprint density at radius 3 is 2.92 bits per heavy atom. The number of aromatic nitrogens is 3. The van der Waals surface area contributed by atoms with Crippen molar-refractivity contribution in [3.05, 3.63) is 30.1 Å². The molecule has 0 radical (unpaired) electrons. The van der Waals surface area contributed by atoms with E-state index in [0.717, 1.165) is 18.7 Å². The SMILES string of the molecule is COc1cccc(NC(=O)CSc2nnc(C3CCCCC3)n2N)c1. The van der Waals surface area contributed by atoms with Gasteiger partial charge in [-0.3, -0.25) is 4.79 Å². The van der Waals surface area contributed by atoms with E-state index in [-0.39, 0.29) is 11.7 Å². The predicted octanol–water partition coefficient (Wildman–Crippen LogP) is 2.78. The summed E-state index contributed by atoms with van der Waals surface area (Å²) in [6.45, 7) is 0. The molecule has 0 aliphatic heterocycles. The maximum atomic E-state index is 12.1. The fourth-order valence-corrected chi connectivity index (χ4v) is 3.72. The normalized spacial score (nSPS) is 15.1. The number of nitrogen functional groups attached to an aromatic ring is 1. The van der Waals surface area contributed by atoms with E-state index in [1.165, 1.54) is 31.0 Å². The van der Waals surface area contributed by atoms with Crippen LogP contribution in [-0.2, 0) is 4.79 Å². The lowest BCUT2D eigenvalue weighted by molar-refractivity contribution is -0.113. The molecule has 1 saturated carbocycles. The van der Waals surface area contributed by atoms with Crippen molar-refractivity contribution in [1.82, 2.24) is 14.9 Å². The van der Waals surface area contributed by atoms with Gasteiger partial charge in [-0.2, -0.15) is 0 Å². The Morgan fingerprint density at radius 2 is 2.16 bits per heavy atom. The van der Waals surface area contributed by atoms with Gasteiger partial charge in [0, 0.05) is 17.7 Å². The van der Waals surface area contributed by atoms with Crippen LogP contribution < -0.4 is 15.9 Å². The summed E-state index contributed by atoms with van der Waals surface area (Å²) >= 11 is 1.29. The van der Waals surface area contributed by atoms with Gasteiger partial charge in [-0.15, -0.1) is 10.2 Å². The van der Waals surface area contributed by atoms with Gasteiger partial charge < -0.3 is 15.9 Å². The minimum atomic E-state index is -0.125. The lowest BCUT2D eigenvalue weighted by atomic mass is 9.89. The number of carbonyl (C=O) groups excluding carboxylic acids is 1. The monoisotopic (exact) mass is 361 g/mol. The highest BCUT2D eigenvalue weighted by molar-refractivity contribution is 7.99. The third-order valence-electron chi connectivity index (χ3n) is 4.35. The molecule has 134 valence electrons. The quantitative estimate of drug-likeness (QED) is 0.607. The number of thioether (sulfide) groups is 1. The fraction of sp³-hybridized carbons (Fsp3) is 0.471. The molecule has 0 spiro atoms. The van der Waals surface area contributed by atoms with Gasteiger partial charge in [0.05, 0.1) is 12.9 Å². The maximum Gasteiger partial charge on any atom is 0.234 e. The first-order valence-electron chi connectivity index (χ1n) is 8.44. The molecule has 0 atom stereocenters. The number of hydrogen-bond acceptors (Lipinski definition) is 6. The van der Waals surface area contributed by atoms with Crippen molar-refractivity contribution in [1.29, 1.82) is 0 Å². The number of amides is 1. The first kappa shape index (κ1) is 17.6. The van der Waals surface area contributed by atoms with E-state index in [1.54, 1.807) is 17.9 Å². The zero-order chi connectivity index (χ0) is 17.6. The van der Waals surface area contributed by atoms with Crippen molar-refractivity contribution in [2.45, 2.75) is 43.2 Å². The third kappa shape index (κ3) is 4.45. The standard InChI is InChI=1S/C17H23N5O2S/c1-24-14-9-5-8-13(10-14)19-15(23)11-25-17-21-20-16(22(17)18)12-6-3-2-4-7-12/h5,8-10,12H,2-4,6-7,11,18H2,1H3,(H,19,23). The third-order valence-corrected chi connectivity index (χ3v) is 5.29. The summed E-state index contributed by atoms with van der Waals surface area (Å²) in [7, 11) is 1.59. The number of methoxy groups -OCH3 is 1. The van der Waals surface area contributed by atoms with E-state index in [0.29, 0.717) is 22.5 Å². The number of rotatable bonds is 6. The lowest BCUT2D eigenvalue weighted by Gasteiger charge is -2.20. The van der Waals surface area contributed by atoms with Crippen molar-refractivity contribution >= 4 is 23.4 Å². The molecule has 1 aromatic heterocycles. The number of benzene rings is 1. The molecule has 3 N–H and O–H groups in total. The van der Waals surface area contributed by atoms with Crippen LogP contribution in [0.25, 0.3) is 0 Å². The summed E-state index contributed by atoms with van der Waals surface area (Å²) in [6.07, 6.45) is 5.92. The van der Waals surface area contributed by atoms with Gasteiger partial charge in [-0.25, -0.2) is 4.68 Å². The van der Waals surface area contributed by atoms with Crippen LogP contribution in [0.5, 0.6) is 5.75 Å². The first-order chi connectivity index (χ1) is 12.2. The number of carbonyl (C=O) groups is 1. The van der Waals surface area contributed by atoms with Gasteiger partial charge in [0.15, 0.2) is 5.82 Å². The van der Waals surface area contributed by atoms with Crippen molar-refractivity contribution in [3.8, 4) is 5.75 Å². The highest BCUT2D eigenvalue weighted by Gasteiger charge is 2.22. The van der Waals surface area contributed by atoms with Crippen LogP contribution >= 0.6 is 11.8 Å². The Morgan fingerprint density at radius 1 is 1.36 bits per heavy atom. The zero-order valence-electron chi connectivity index (χ0n) is 14.3. The van der Waals surface area contributed by atoms with Gasteiger partial charge in [0.25, 0.3) is 0 Å². The Hall–Kier alpha value is -2.22. The lowest BCUT2D eigenvalue weighted by Crippen LogP contribution is -2.19. The molecule has 0 unspecified atom stereocenters. The van der Waals surface area contributed by atoms with Gasteiger partial charge in [0.2, 0.25) is 11.1 Å². The summed E-state index contributed by atoms with van der Waals surface area (Å²) < 4.78 is 6.69. The van der Waals surface area contributed by atoms with Crippen LogP contribution in [0.1, 0.15) is 43.8 Å². The van der Waals surface area contributed by atoms with Crippen LogP contribution in [-0.4, -0.2) is 33.6 Å². The molecule has 7 nitrogen and oxygen atoms in total. The maximum absolute atomic E-state index is 12.1. The number of ether oxygens (including phenoxy) is 1. The van der Waals surface area contributed by atoms with E-state index in [1.807, 2.05) is 18.2 Å². The second-order valence-corrected chi connectivity index (χ2v) is 7.06. The molecule has 1 aliphatic carbocycles. The summed E-state index contributed by atoms with van der Waals surface area (Å²) in [5.41, 5.74) is 0.696. The van der Waals surface area contributed by atoms with Crippen molar-refractivity contribution in [2.24, 2.45) is 0 Å². The highest BCUT2D eigenvalue weighted by Crippen LogP contribution is 2.32. The zero-order valence-corrected chi connectivity index (χ0v) is 15.1. The molecular formula is C17H23N5O2S. The van der Waals surface area contributed by atoms with Crippen molar-refractivity contribution in [2.75, 3.05) is 24.0 Å². The minimum Gasteiger partial charge on any atom is -0.497 e. The Bertz CT molecular complexity index is 728. The minimum absolute atomic E-state index is 0.125. The Labute approximate surface area is 151 Å². The van der Waals surface area contributed by atoms with Crippen LogP contribution in [0, 0.1) is 0 Å². The number of hydrogen-bond donors (Lipinski definition) is 2. The number of nitrogens with one attached hydrogen (secondary N) is 1. The van der Waals surface area contributed by atoms with Gasteiger partial charge in [0.1, 0.15) is 5.75 Å². The molecule has 1 amide bonds. The summed E-state index contributed by atoms with van der Waals surface area (Å²) in [5, 5.41) is 11.8. The van der Waals surface area contributed by atoms with Crippen LogP contribution in [0.3, 0.4) is 0 Å². The summed E-state index contributed by atoms with van der Waals surface area (Å²) in [6, 6.07) is 7.25.